The molecule has 28 heavy (non-hydrogen) atoms. The van der Waals surface area contributed by atoms with Crippen LogP contribution in [0.2, 0.25) is 5.02 Å². The fourth-order valence-electron chi connectivity index (χ4n) is 2.03. The molecule has 0 radical (unpaired) electrons. The van der Waals surface area contributed by atoms with E-state index in [2.05, 4.69) is 15.8 Å². The summed E-state index contributed by atoms with van der Waals surface area (Å²) < 4.78 is 10.2. The van der Waals surface area contributed by atoms with Crippen molar-refractivity contribution >= 4 is 41.3 Å². The van der Waals surface area contributed by atoms with Crippen molar-refractivity contribution in [2.45, 2.75) is 0 Å². The molecule has 0 spiro atoms. The Morgan fingerprint density at radius 2 is 1.89 bits per heavy atom. The SMILES string of the molecule is COc1ccccc1NC(=O)C(=O)N/N=C\c1cc(Cl)ccc1OCC(=O)O. The summed E-state index contributed by atoms with van der Waals surface area (Å²) >= 11 is 5.89. The third kappa shape index (κ3) is 5.99. The molecule has 0 atom stereocenters. The van der Waals surface area contributed by atoms with Gasteiger partial charge in [0.25, 0.3) is 0 Å². The minimum atomic E-state index is -1.15. The number of aliphatic carboxylic acids is 1. The number of carboxylic acid groups (broad SMARTS) is 1. The smallest absolute Gasteiger partial charge is 0.341 e. The molecule has 2 aromatic carbocycles. The second kappa shape index (κ2) is 9.93. The van der Waals surface area contributed by atoms with E-state index in [0.29, 0.717) is 22.0 Å². The zero-order valence-corrected chi connectivity index (χ0v) is 15.4. The second-order valence-corrected chi connectivity index (χ2v) is 5.65. The number of nitrogens with one attached hydrogen (secondary N) is 2. The third-order valence-corrected chi connectivity index (χ3v) is 3.49. The lowest BCUT2D eigenvalue weighted by Crippen LogP contribution is -2.32. The Kier molecular flexibility index (Phi) is 7.35. The normalized spacial score (nSPS) is 10.4. The number of methoxy groups -OCH3 is 1. The molecule has 0 aliphatic heterocycles. The summed E-state index contributed by atoms with van der Waals surface area (Å²) in [5.74, 6) is -2.53. The van der Waals surface area contributed by atoms with Gasteiger partial charge >= 0.3 is 17.8 Å². The van der Waals surface area contributed by atoms with E-state index in [1.165, 1.54) is 31.5 Å². The van der Waals surface area contributed by atoms with Crippen LogP contribution in [-0.2, 0) is 14.4 Å². The van der Waals surface area contributed by atoms with Crippen molar-refractivity contribution in [3.63, 3.8) is 0 Å². The number of ether oxygens (including phenoxy) is 2. The van der Waals surface area contributed by atoms with Crippen LogP contribution < -0.4 is 20.2 Å². The minimum absolute atomic E-state index is 0.197. The van der Waals surface area contributed by atoms with Gasteiger partial charge in [-0.2, -0.15) is 5.10 Å². The van der Waals surface area contributed by atoms with Gasteiger partial charge in [-0.1, -0.05) is 23.7 Å². The number of carbonyl (C=O) groups is 3. The fourth-order valence-corrected chi connectivity index (χ4v) is 2.21. The molecule has 10 heteroatoms. The summed E-state index contributed by atoms with van der Waals surface area (Å²) in [6, 6.07) is 11.0. The van der Waals surface area contributed by atoms with E-state index in [0.717, 1.165) is 0 Å². The first kappa shape index (κ1) is 20.7. The number of carbonyl (C=O) groups excluding carboxylic acids is 2. The number of amides is 2. The van der Waals surface area contributed by atoms with Crippen LogP contribution >= 0.6 is 11.6 Å². The van der Waals surface area contributed by atoms with Crippen LogP contribution in [0.25, 0.3) is 0 Å². The van der Waals surface area contributed by atoms with Gasteiger partial charge < -0.3 is 19.9 Å². The van der Waals surface area contributed by atoms with Crippen molar-refractivity contribution in [2.75, 3.05) is 19.0 Å². The highest BCUT2D eigenvalue weighted by molar-refractivity contribution is 6.39. The first-order valence-electron chi connectivity index (χ1n) is 7.82. The van der Waals surface area contributed by atoms with Crippen LogP contribution in [0, 0.1) is 0 Å². The van der Waals surface area contributed by atoms with Gasteiger partial charge in [-0.05, 0) is 30.3 Å². The van der Waals surface area contributed by atoms with Gasteiger partial charge in [-0.15, -0.1) is 0 Å². The van der Waals surface area contributed by atoms with Gasteiger partial charge in [0.15, 0.2) is 6.61 Å². The first-order valence-corrected chi connectivity index (χ1v) is 8.20. The molecule has 0 unspecified atom stereocenters. The van der Waals surface area contributed by atoms with Gasteiger partial charge in [0, 0.05) is 10.6 Å². The molecule has 2 rings (SSSR count). The minimum Gasteiger partial charge on any atom is -0.495 e. The maximum absolute atomic E-state index is 12.0. The molecule has 0 saturated carbocycles. The molecule has 0 fully saturated rings. The number of hydrazone groups is 1. The zero-order chi connectivity index (χ0) is 20.5. The van der Waals surface area contributed by atoms with Crippen LogP contribution in [0.5, 0.6) is 11.5 Å². The molecule has 2 amide bonds. The van der Waals surface area contributed by atoms with Gasteiger partial charge in [0.1, 0.15) is 11.5 Å². The maximum atomic E-state index is 12.0. The molecule has 0 aromatic heterocycles. The number of carboxylic acids is 1. The summed E-state index contributed by atoms with van der Waals surface area (Å²) in [6.45, 7) is -0.559. The number of halogens is 1. The molecule has 0 heterocycles. The highest BCUT2D eigenvalue weighted by atomic mass is 35.5. The highest BCUT2D eigenvalue weighted by Gasteiger charge is 2.15. The Bertz CT molecular complexity index is 916. The summed E-state index contributed by atoms with van der Waals surface area (Å²) in [4.78, 5) is 34.5. The quantitative estimate of drug-likeness (QED) is 0.367. The van der Waals surface area contributed by atoms with Crippen LogP contribution in [0.4, 0.5) is 5.69 Å². The molecule has 0 aliphatic rings. The lowest BCUT2D eigenvalue weighted by molar-refractivity contribution is -0.139. The molecular weight excluding hydrogens is 390 g/mol. The zero-order valence-electron chi connectivity index (χ0n) is 14.6. The average molecular weight is 406 g/mol. The Hall–Kier alpha value is -3.59. The number of hydrogen-bond acceptors (Lipinski definition) is 6. The maximum Gasteiger partial charge on any atom is 0.341 e. The van der Waals surface area contributed by atoms with Crippen LogP contribution in [0.1, 0.15) is 5.56 Å². The topological polar surface area (TPSA) is 126 Å². The van der Waals surface area contributed by atoms with Gasteiger partial charge in [0.05, 0.1) is 19.0 Å². The number of nitrogens with zero attached hydrogens (tertiary/aromatic N) is 1. The number of para-hydroxylation sites is 2. The lowest BCUT2D eigenvalue weighted by atomic mass is 10.2. The molecule has 0 bridgehead atoms. The monoisotopic (exact) mass is 405 g/mol. The molecule has 0 aliphatic carbocycles. The van der Waals surface area contributed by atoms with E-state index >= 15 is 0 Å². The van der Waals surface area contributed by atoms with Crippen LogP contribution in [0.3, 0.4) is 0 Å². The molecule has 146 valence electrons. The highest BCUT2D eigenvalue weighted by Crippen LogP contribution is 2.23. The van der Waals surface area contributed by atoms with E-state index in [9.17, 15) is 14.4 Å². The standard InChI is InChI=1S/C18H16ClN3O6/c1-27-15-5-3-2-4-13(15)21-17(25)18(26)22-20-9-11-8-12(19)6-7-14(11)28-10-16(23)24/h2-9H,10H2,1H3,(H,21,25)(H,22,26)(H,23,24)/b20-9-. The van der Waals surface area contributed by atoms with Crippen molar-refractivity contribution in [1.29, 1.82) is 0 Å². The number of benzene rings is 2. The number of anilines is 1. The van der Waals surface area contributed by atoms with Crippen molar-refractivity contribution < 1.29 is 29.0 Å². The number of hydrogen-bond donors (Lipinski definition) is 3. The third-order valence-electron chi connectivity index (χ3n) is 3.25. The number of rotatable bonds is 7. The largest absolute Gasteiger partial charge is 0.495 e. The van der Waals surface area contributed by atoms with Crippen molar-refractivity contribution in [1.82, 2.24) is 5.43 Å². The lowest BCUT2D eigenvalue weighted by Gasteiger charge is -2.09. The predicted octanol–water partition coefficient (Wildman–Crippen LogP) is 1.90. The molecule has 0 saturated heterocycles. The Balaban J connectivity index is 2.01. The van der Waals surface area contributed by atoms with Crippen LogP contribution in [-0.4, -0.2) is 42.8 Å². The molecule has 9 nitrogen and oxygen atoms in total. The van der Waals surface area contributed by atoms with E-state index in [4.69, 9.17) is 26.2 Å². The average Bonchev–Trinajstić information content (AvgIpc) is 2.67. The van der Waals surface area contributed by atoms with E-state index < -0.39 is 24.4 Å². The summed E-state index contributed by atoms with van der Waals surface area (Å²) in [6.07, 6.45) is 1.18. The Morgan fingerprint density at radius 3 is 2.61 bits per heavy atom. The summed E-state index contributed by atoms with van der Waals surface area (Å²) in [5, 5.41) is 15.1. The molecular formula is C18H16ClN3O6. The fraction of sp³-hybridized carbons (Fsp3) is 0.111. The van der Waals surface area contributed by atoms with Crippen LogP contribution in [0.15, 0.2) is 47.6 Å². The molecule has 3 N–H and O–H groups in total. The van der Waals surface area contributed by atoms with Crippen molar-refractivity contribution in [3.8, 4) is 11.5 Å². The Morgan fingerprint density at radius 1 is 1.14 bits per heavy atom. The van der Waals surface area contributed by atoms with Gasteiger partial charge in [-0.25, -0.2) is 10.2 Å². The summed E-state index contributed by atoms with van der Waals surface area (Å²) in [5.41, 5.74) is 2.71. The van der Waals surface area contributed by atoms with Crippen molar-refractivity contribution in [3.05, 3.63) is 53.1 Å². The van der Waals surface area contributed by atoms with E-state index in [1.807, 2.05) is 0 Å². The molecule has 2 aromatic rings. The van der Waals surface area contributed by atoms with E-state index in [-0.39, 0.29) is 5.75 Å². The first-order chi connectivity index (χ1) is 13.4. The predicted molar refractivity (Wildman–Crippen MR) is 102 cm³/mol. The second-order valence-electron chi connectivity index (χ2n) is 5.22. The Labute approximate surface area is 164 Å². The van der Waals surface area contributed by atoms with Gasteiger partial charge in [0.2, 0.25) is 0 Å². The van der Waals surface area contributed by atoms with Crippen molar-refractivity contribution in [2.24, 2.45) is 5.10 Å². The van der Waals surface area contributed by atoms with Gasteiger partial charge in [-0.3, -0.25) is 9.59 Å². The van der Waals surface area contributed by atoms with E-state index in [1.54, 1.807) is 24.3 Å². The summed E-state index contributed by atoms with van der Waals surface area (Å²) in [7, 11) is 1.43.